The lowest BCUT2D eigenvalue weighted by Crippen LogP contribution is -2.28. The van der Waals surface area contributed by atoms with Gasteiger partial charge in [0, 0.05) is 19.3 Å². The second-order valence-corrected chi connectivity index (χ2v) is 6.07. The van der Waals surface area contributed by atoms with Gasteiger partial charge >= 0.3 is 0 Å². The lowest BCUT2D eigenvalue weighted by Gasteiger charge is -2.09. The van der Waals surface area contributed by atoms with Gasteiger partial charge in [-0.15, -0.1) is 0 Å². The molecule has 19 heavy (non-hydrogen) atoms. The Kier molecular flexibility index (Phi) is 6.36. The van der Waals surface area contributed by atoms with E-state index in [1.165, 1.54) is 6.07 Å². The lowest BCUT2D eigenvalue weighted by atomic mass is 10.3. The first-order chi connectivity index (χ1) is 8.95. The summed E-state index contributed by atoms with van der Waals surface area (Å²) in [7, 11) is -1.73. The Bertz CT molecular complexity index is 471. The highest BCUT2D eigenvalue weighted by Crippen LogP contribution is 2.06. The summed E-state index contributed by atoms with van der Waals surface area (Å²) in [5.41, 5.74) is 0.935. The van der Waals surface area contributed by atoms with Crippen LogP contribution in [-0.2, 0) is 21.3 Å². The topological polar surface area (TPSA) is 80.3 Å². The van der Waals surface area contributed by atoms with Gasteiger partial charge in [0.25, 0.3) is 10.0 Å². The number of rotatable bonds is 8. The number of hydrogen-bond donors (Lipinski definition) is 2. The standard InChI is InChI=1S/C12H21N3O3S/c1-10(2)18-7-6-15-19(16,17)12-5-4-11(8-13-3)9-14-12/h4-5,9-10,13,15H,6-8H2,1-3H3. The van der Waals surface area contributed by atoms with Gasteiger partial charge in [0.15, 0.2) is 5.03 Å². The minimum absolute atomic E-state index is 0.0249. The number of nitrogens with one attached hydrogen (secondary N) is 2. The van der Waals surface area contributed by atoms with Crippen molar-refractivity contribution in [3.8, 4) is 0 Å². The fourth-order valence-electron chi connectivity index (χ4n) is 1.42. The van der Waals surface area contributed by atoms with Crippen LogP contribution in [0.4, 0.5) is 0 Å². The minimum atomic E-state index is -3.55. The van der Waals surface area contributed by atoms with Gasteiger partial charge in [-0.3, -0.25) is 0 Å². The molecule has 7 heteroatoms. The Hall–Kier alpha value is -1.02. The first-order valence-electron chi connectivity index (χ1n) is 6.16. The predicted molar refractivity (Wildman–Crippen MR) is 73.3 cm³/mol. The summed E-state index contributed by atoms with van der Waals surface area (Å²) >= 11 is 0. The summed E-state index contributed by atoms with van der Waals surface area (Å²) in [6.07, 6.45) is 1.64. The molecule has 0 aliphatic rings. The number of ether oxygens (including phenoxy) is 1. The molecule has 0 saturated carbocycles. The van der Waals surface area contributed by atoms with E-state index in [0.717, 1.165) is 5.56 Å². The zero-order chi connectivity index (χ0) is 14.3. The molecule has 1 aromatic heterocycles. The molecule has 0 radical (unpaired) electrons. The van der Waals surface area contributed by atoms with Gasteiger partial charge in [0.1, 0.15) is 0 Å². The van der Waals surface area contributed by atoms with Crippen molar-refractivity contribution in [2.24, 2.45) is 0 Å². The molecule has 6 nitrogen and oxygen atoms in total. The number of pyridine rings is 1. The largest absolute Gasteiger partial charge is 0.377 e. The smallest absolute Gasteiger partial charge is 0.258 e. The summed E-state index contributed by atoms with van der Waals surface area (Å²) < 4.78 is 31.5. The predicted octanol–water partition coefficient (Wildman–Crippen LogP) is 0.504. The van der Waals surface area contributed by atoms with Crippen molar-refractivity contribution >= 4 is 10.0 Å². The molecule has 0 spiro atoms. The molecule has 1 rings (SSSR count). The molecule has 1 heterocycles. The highest BCUT2D eigenvalue weighted by Gasteiger charge is 2.14. The maximum Gasteiger partial charge on any atom is 0.258 e. The molecule has 1 aromatic rings. The molecule has 0 saturated heterocycles. The molecule has 0 aliphatic heterocycles. The number of sulfonamides is 1. The molecular formula is C12H21N3O3S. The van der Waals surface area contributed by atoms with Crippen LogP contribution in [-0.4, -0.2) is 39.7 Å². The van der Waals surface area contributed by atoms with E-state index in [9.17, 15) is 8.42 Å². The van der Waals surface area contributed by atoms with Crippen LogP contribution in [0.15, 0.2) is 23.4 Å². The zero-order valence-electron chi connectivity index (χ0n) is 11.5. The van der Waals surface area contributed by atoms with E-state index in [4.69, 9.17) is 4.74 Å². The molecule has 2 N–H and O–H groups in total. The first-order valence-corrected chi connectivity index (χ1v) is 7.65. The Morgan fingerprint density at radius 3 is 2.63 bits per heavy atom. The summed E-state index contributed by atoms with van der Waals surface area (Å²) in [5, 5.41) is 3.00. The summed E-state index contributed by atoms with van der Waals surface area (Å²) in [4.78, 5) is 3.95. The fourth-order valence-corrected chi connectivity index (χ4v) is 2.36. The zero-order valence-corrected chi connectivity index (χ0v) is 12.3. The van der Waals surface area contributed by atoms with E-state index in [1.54, 1.807) is 12.3 Å². The van der Waals surface area contributed by atoms with E-state index in [-0.39, 0.29) is 17.7 Å². The number of nitrogens with zero attached hydrogens (tertiary/aromatic N) is 1. The summed E-state index contributed by atoms with van der Waals surface area (Å²) in [5.74, 6) is 0. The lowest BCUT2D eigenvalue weighted by molar-refractivity contribution is 0.0834. The Labute approximate surface area is 114 Å². The van der Waals surface area contributed by atoms with E-state index < -0.39 is 10.0 Å². The minimum Gasteiger partial charge on any atom is -0.377 e. The van der Waals surface area contributed by atoms with E-state index >= 15 is 0 Å². The molecule has 0 aromatic carbocycles. The van der Waals surface area contributed by atoms with Crippen LogP contribution < -0.4 is 10.0 Å². The second-order valence-electron chi connectivity index (χ2n) is 4.35. The van der Waals surface area contributed by atoms with Crippen LogP contribution in [0, 0.1) is 0 Å². The van der Waals surface area contributed by atoms with Crippen molar-refractivity contribution in [1.29, 1.82) is 0 Å². The van der Waals surface area contributed by atoms with E-state index in [1.807, 2.05) is 20.9 Å². The van der Waals surface area contributed by atoms with E-state index in [0.29, 0.717) is 13.2 Å². The third kappa shape index (κ3) is 5.65. The van der Waals surface area contributed by atoms with Gasteiger partial charge in [-0.2, -0.15) is 0 Å². The normalized spacial score (nSPS) is 12.0. The van der Waals surface area contributed by atoms with Gasteiger partial charge in [-0.05, 0) is 32.5 Å². The van der Waals surface area contributed by atoms with Crippen LogP contribution in [0.25, 0.3) is 0 Å². The van der Waals surface area contributed by atoms with Gasteiger partial charge in [-0.1, -0.05) is 6.07 Å². The first kappa shape index (κ1) is 16.0. The molecule has 0 amide bonds. The van der Waals surface area contributed by atoms with E-state index in [2.05, 4.69) is 15.0 Å². The molecule has 0 bridgehead atoms. The fraction of sp³-hybridized carbons (Fsp3) is 0.583. The maximum absolute atomic E-state index is 11.9. The van der Waals surface area contributed by atoms with Crippen LogP contribution in [0.2, 0.25) is 0 Å². The Balaban J connectivity index is 2.56. The molecular weight excluding hydrogens is 266 g/mol. The van der Waals surface area contributed by atoms with Gasteiger partial charge < -0.3 is 10.1 Å². The van der Waals surface area contributed by atoms with Crippen LogP contribution in [0.5, 0.6) is 0 Å². The van der Waals surface area contributed by atoms with Gasteiger partial charge in [0.05, 0.1) is 12.7 Å². The summed E-state index contributed by atoms with van der Waals surface area (Å²) in [6, 6.07) is 3.24. The summed E-state index contributed by atoms with van der Waals surface area (Å²) in [6.45, 7) is 5.03. The van der Waals surface area contributed by atoms with Crippen molar-refractivity contribution in [3.63, 3.8) is 0 Å². The SMILES string of the molecule is CNCc1ccc(S(=O)(=O)NCCOC(C)C)nc1. The van der Waals surface area contributed by atoms with Crippen molar-refractivity contribution in [3.05, 3.63) is 23.9 Å². The van der Waals surface area contributed by atoms with Crippen LogP contribution in [0.1, 0.15) is 19.4 Å². The quantitative estimate of drug-likeness (QED) is 0.681. The Morgan fingerprint density at radius 2 is 2.11 bits per heavy atom. The number of hydrogen-bond acceptors (Lipinski definition) is 5. The average Bonchev–Trinajstić information content (AvgIpc) is 2.36. The van der Waals surface area contributed by atoms with Crippen molar-refractivity contribution in [1.82, 2.24) is 15.0 Å². The van der Waals surface area contributed by atoms with Gasteiger partial charge in [-0.25, -0.2) is 18.1 Å². The molecule has 0 aliphatic carbocycles. The van der Waals surface area contributed by atoms with Crippen LogP contribution >= 0.6 is 0 Å². The van der Waals surface area contributed by atoms with Crippen molar-refractivity contribution in [2.75, 3.05) is 20.2 Å². The van der Waals surface area contributed by atoms with Crippen molar-refractivity contribution < 1.29 is 13.2 Å². The maximum atomic E-state index is 11.9. The van der Waals surface area contributed by atoms with Gasteiger partial charge in [0.2, 0.25) is 0 Å². The number of aromatic nitrogens is 1. The molecule has 0 unspecified atom stereocenters. The monoisotopic (exact) mass is 287 g/mol. The van der Waals surface area contributed by atoms with Crippen LogP contribution in [0.3, 0.4) is 0 Å². The average molecular weight is 287 g/mol. The highest BCUT2D eigenvalue weighted by atomic mass is 32.2. The Morgan fingerprint density at radius 1 is 1.37 bits per heavy atom. The molecule has 108 valence electrons. The third-order valence-corrected chi connectivity index (χ3v) is 3.68. The third-order valence-electron chi connectivity index (χ3n) is 2.30. The highest BCUT2D eigenvalue weighted by molar-refractivity contribution is 7.89. The second kappa shape index (κ2) is 7.54. The molecule has 0 fully saturated rings. The molecule has 0 atom stereocenters. The van der Waals surface area contributed by atoms with Crippen molar-refractivity contribution in [2.45, 2.75) is 31.5 Å².